The van der Waals surface area contributed by atoms with Crippen LogP contribution >= 0.6 is 0 Å². The van der Waals surface area contributed by atoms with Crippen molar-refractivity contribution in [1.29, 1.82) is 0 Å². The van der Waals surface area contributed by atoms with Gasteiger partial charge in [0.05, 0.1) is 13.2 Å². The van der Waals surface area contributed by atoms with Crippen LogP contribution in [-0.4, -0.2) is 75.4 Å². The highest BCUT2D eigenvalue weighted by Gasteiger charge is 2.44. The molecule has 1 saturated heterocycles. The first-order valence-electron chi connectivity index (χ1n) is 7.86. The number of phenols is 1. The lowest BCUT2D eigenvalue weighted by Crippen LogP contribution is -2.60. The summed E-state index contributed by atoms with van der Waals surface area (Å²) in [5.41, 5.74) is -0.0467. The summed E-state index contributed by atoms with van der Waals surface area (Å²) in [7, 11) is 0. The van der Waals surface area contributed by atoms with Crippen molar-refractivity contribution in [2.24, 2.45) is 0 Å². The standard InChI is InChI=1S/C16H22O9/c1-2-5-23-15(22)9-4-3-8(6-10(9)18)24-16-14(21)13(20)12(19)11(7-17)25-16/h3-4,6,11-14,16-21H,2,5,7H2,1H3/t11-,12-,13+,14-,16-/m1/s1. The van der Waals surface area contributed by atoms with Gasteiger partial charge in [-0.25, -0.2) is 4.79 Å². The number of esters is 1. The van der Waals surface area contributed by atoms with E-state index < -0.39 is 43.3 Å². The largest absolute Gasteiger partial charge is 0.507 e. The van der Waals surface area contributed by atoms with Crippen molar-refractivity contribution < 1.29 is 44.5 Å². The van der Waals surface area contributed by atoms with Gasteiger partial charge in [-0.3, -0.25) is 0 Å². The summed E-state index contributed by atoms with van der Waals surface area (Å²) in [4.78, 5) is 11.8. The Morgan fingerprint density at radius 1 is 1.20 bits per heavy atom. The maximum atomic E-state index is 11.8. The Labute approximate surface area is 144 Å². The average molecular weight is 358 g/mol. The zero-order valence-electron chi connectivity index (χ0n) is 13.6. The van der Waals surface area contributed by atoms with Gasteiger partial charge in [-0.1, -0.05) is 6.92 Å². The van der Waals surface area contributed by atoms with Crippen molar-refractivity contribution in [2.75, 3.05) is 13.2 Å². The number of carbonyl (C=O) groups is 1. The lowest BCUT2D eigenvalue weighted by molar-refractivity contribution is -0.277. The summed E-state index contributed by atoms with van der Waals surface area (Å²) >= 11 is 0. The number of carbonyl (C=O) groups excluding carboxylic acids is 1. The summed E-state index contributed by atoms with van der Waals surface area (Å²) < 4.78 is 15.5. The molecule has 0 saturated carbocycles. The molecule has 1 fully saturated rings. The summed E-state index contributed by atoms with van der Waals surface area (Å²) in [5.74, 6) is -1.02. The minimum absolute atomic E-state index is 0.0467. The van der Waals surface area contributed by atoms with Gasteiger partial charge in [0.1, 0.15) is 41.5 Å². The van der Waals surface area contributed by atoms with Crippen molar-refractivity contribution in [2.45, 2.75) is 44.1 Å². The van der Waals surface area contributed by atoms with E-state index in [1.807, 2.05) is 6.92 Å². The normalized spacial score (nSPS) is 29.2. The van der Waals surface area contributed by atoms with Crippen molar-refractivity contribution in [3.05, 3.63) is 23.8 Å². The van der Waals surface area contributed by atoms with Gasteiger partial charge in [0.2, 0.25) is 6.29 Å². The summed E-state index contributed by atoms with van der Waals surface area (Å²) in [6.45, 7) is 1.48. The molecule has 140 valence electrons. The number of ether oxygens (including phenoxy) is 3. The average Bonchev–Trinajstić information content (AvgIpc) is 2.60. The fourth-order valence-corrected chi connectivity index (χ4v) is 2.33. The third-order valence-corrected chi connectivity index (χ3v) is 3.73. The quantitative estimate of drug-likeness (QED) is 0.410. The lowest BCUT2D eigenvalue weighted by Gasteiger charge is -2.39. The molecule has 0 spiro atoms. The molecule has 1 aliphatic rings. The fraction of sp³-hybridized carbons (Fsp3) is 0.562. The molecular weight excluding hydrogens is 336 g/mol. The van der Waals surface area contributed by atoms with E-state index in [1.165, 1.54) is 12.1 Å². The molecule has 0 bridgehead atoms. The van der Waals surface area contributed by atoms with E-state index in [2.05, 4.69) is 0 Å². The molecule has 5 N–H and O–H groups in total. The third kappa shape index (κ3) is 4.39. The van der Waals surface area contributed by atoms with Gasteiger partial charge < -0.3 is 39.7 Å². The van der Waals surface area contributed by atoms with Crippen LogP contribution in [-0.2, 0) is 9.47 Å². The van der Waals surface area contributed by atoms with Gasteiger partial charge in [0.15, 0.2) is 0 Å². The summed E-state index contributed by atoms with van der Waals surface area (Å²) in [6.07, 6.45) is -6.50. The minimum Gasteiger partial charge on any atom is -0.507 e. The SMILES string of the molecule is CCCOC(=O)c1ccc(O[C@@H]2O[C@H](CO)[C@@H](O)[C@H](O)[C@H]2O)cc1O. The van der Waals surface area contributed by atoms with Gasteiger partial charge in [0.25, 0.3) is 0 Å². The predicted molar refractivity (Wildman–Crippen MR) is 83.1 cm³/mol. The molecule has 1 aromatic rings. The first-order valence-corrected chi connectivity index (χ1v) is 7.86. The molecule has 1 aliphatic heterocycles. The van der Waals surface area contributed by atoms with Crippen LogP contribution < -0.4 is 4.74 Å². The van der Waals surface area contributed by atoms with Gasteiger partial charge in [-0.15, -0.1) is 0 Å². The second-order valence-electron chi connectivity index (χ2n) is 5.63. The molecule has 0 aliphatic carbocycles. The smallest absolute Gasteiger partial charge is 0.341 e. The number of aliphatic hydroxyl groups is 4. The number of benzene rings is 1. The van der Waals surface area contributed by atoms with Crippen molar-refractivity contribution in [1.82, 2.24) is 0 Å². The maximum Gasteiger partial charge on any atom is 0.341 e. The van der Waals surface area contributed by atoms with E-state index in [9.17, 15) is 25.2 Å². The van der Waals surface area contributed by atoms with Gasteiger partial charge >= 0.3 is 5.97 Å². The lowest BCUT2D eigenvalue weighted by atomic mass is 9.99. The Kier molecular flexibility index (Phi) is 6.57. The van der Waals surface area contributed by atoms with Crippen LogP contribution in [0.25, 0.3) is 0 Å². The molecule has 2 rings (SSSR count). The van der Waals surface area contributed by atoms with E-state index in [1.54, 1.807) is 0 Å². The Hall–Kier alpha value is -1.91. The van der Waals surface area contributed by atoms with Crippen LogP contribution in [0.3, 0.4) is 0 Å². The molecule has 5 atom stereocenters. The Bertz CT molecular complexity index is 589. The van der Waals surface area contributed by atoms with Crippen LogP contribution in [0.4, 0.5) is 0 Å². The van der Waals surface area contributed by atoms with Crippen molar-refractivity contribution >= 4 is 5.97 Å². The second-order valence-corrected chi connectivity index (χ2v) is 5.63. The second kappa shape index (κ2) is 8.45. The van der Waals surface area contributed by atoms with Gasteiger partial charge in [-0.2, -0.15) is 0 Å². The number of hydrogen-bond acceptors (Lipinski definition) is 9. The summed E-state index contributed by atoms with van der Waals surface area (Å²) in [6, 6.07) is 3.76. The predicted octanol–water partition coefficient (Wildman–Crippen LogP) is -0.862. The number of aromatic hydroxyl groups is 1. The highest BCUT2D eigenvalue weighted by Crippen LogP contribution is 2.28. The first-order chi connectivity index (χ1) is 11.9. The Morgan fingerprint density at radius 2 is 1.92 bits per heavy atom. The number of rotatable bonds is 6. The van der Waals surface area contributed by atoms with Gasteiger partial charge in [0, 0.05) is 6.07 Å². The monoisotopic (exact) mass is 358 g/mol. The molecule has 25 heavy (non-hydrogen) atoms. The van der Waals surface area contributed by atoms with E-state index in [-0.39, 0.29) is 23.7 Å². The molecular formula is C16H22O9. The molecule has 9 nitrogen and oxygen atoms in total. The molecule has 1 heterocycles. The minimum atomic E-state index is -1.58. The third-order valence-electron chi connectivity index (χ3n) is 3.73. The van der Waals surface area contributed by atoms with E-state index >= 15 is 0 Å². The number of phenolic OH excluding ortho intramolecular Hbond substituents is 1. The zero-order chi connectivity index (χ0) is 18.6. The molecule has 0 aromatic heterocycles. The van der Waals surface area contributed by atoms with Crippen molar-refractivity contribution in [3.63, 3.8) is 0 Å². The molecule has 1 aromatic carbocycles. The maximum absolute atomic E-state index is 11.8. The number of hydrogen-bond donors (Lipinski definition) is 5. The zero-order valence-corrected chi connectivity index (χ0v) is 13.6. The van der Waals surface area contributed by atoms with Crippen LogP contribution in [0.5, 0.6) is 11.5 Å². The topological polar surface area (TPSA) is 146 Å². The van der Waals surface area contributed by atoms with Crippen LogP contribution in [0.15, 0.2) is 18.2 Å². The molecule has 9 heteroatoms. The van der Waals surface area contributed by atoms with E-state index in [4.69, 9.17) is 19.3 Å². The number of aliphatic hydroxyl groups excluding tert-OH is 4. The Morgan fingerprint density at radius 3 is 2.52 bits per heavy atom. The first kappa shape index (κ1) is 19.4. The van der Waals surface area contributed by atoms with E-state index in [0.29, 0.717) is 6.42 Å². The Balaban J connectivity index is 2.09. The van der Waals surface area contributed by atoms with Crippen molar-refractivity contribution in [3.8, 4) is 11.5 Å². The van der Waals surface area contributed by atoms with Gasteiger partial charge in [-0.05, 0) is 18.6 Å². The van der Waals surface area contributed by atoms with Crippen LogP contribution in [0, 0.1) is 0 Å². The molecule has 0 amide bonds. The highest BCUT2D eigenvalue weighted by atomic mass is 16.7. The van der Waals surface area contributed by atoms with Crippen LogP contribution in [0.2, 0.25) is 0 Å². The van der Waals surface area contributed by atoms with E-state index in [0.717, 1.165) is 6.07 Å². The highest BCUT2D eigenvalue weighted by molar-refractivity contribution is 5.92. The fourth-order valence-electron chi connectivity index (χ4n) is 2.33. The molecule has 0 radical (unpaired) electrons. The molecule has 0 unspecified atom stereocenters. The summed E-state index contributed by atoms with van der Waals surface area (Å²) in [5, 5.41) is 48.4. The van der Waals surface area contributed by atoms with Crippen LogP contribution in [0.1, 0.15) is 23.7 Å².